The molecule has 0 radical (unpaired) electrons. The molecule has 0 N–H and O–H groups in total. The summed E-state index contributed by atoms with van der Waals surface area (Å²) >= 11 is 0. The summed E-state index contributed by atoms with van der Waals surface area (Å²) < 4.78 is 13.4. The van der Waals surface area contributed by atoms with Crippen LogP contribution in [0.15, 0.2) is 135 Å². The zero-order valence-electron chi connectivity index (χ0n) is 22.4. The standard InChI is InChI=1S/C37H27BO2/c1-4-11-25(5-2)28-16-19-31-35(23-28)40-37-30(29-15-10-9-12-24(29)3)18-21-34-36(37)38(31)32-22-27(17-20-33(32)39-34)26-13-7-6-8-14-26/h4-23H,1-2H2,3H3/b25-11+. The number of hydrogen-bond acceptors (Lipinski definition) is 2. The van der Waals surface area contributed by atoms with Crippen molar-refractivity contribution >= 4 is 28.7 Å². The van der Waals surface area contributed by atoms with Crippen LogP contribution < -0.4 is 25.9 Å². The maximum atomic E-state index is 6.84. The van der Waals surface area contributed by atoms with E-state index in [-0.39, 0.29) is 6.71 Å². The largest absolute Gasteiger partial charge is 0.458 e. The zero-order chi connectivity index (χ0) is 27.2. The predicted octanol–water partition coefficient (Wildman–Crippen LogP) is 7.81. The van der Waals surface area contributed by atoms with Crippen LogP contribution in [-0.2, 0) is 0 Å². The lowest BCUT2D eigenvalue weighted by molar-refractivity contribution is 0.465. The van der Waals surface area contributed by atoms with Crippen molar-refractivity contribution in [3.05, 3.63) is 146 Å². The number of rotatable bonds is 5. The molecule has 40 heavy (non-hydrogen) atoms. The molecule has 0 amide bonds. The smallest absolute Gasteiger partial charge is 0.260 e. The van der Waals surface area contributed by atoms with Crippen molar-refractivity contribution in [2.24, 2.45) is 0 Å². The number of benzene rings is 5. The van der Waals surface area contributed by atoms with Gasteiger partial charge in [0.15, 0.2) is 0 Å². The average Bonchev–Trinajstić information content (AvgIpc) is 3.00. The van der Waals surface area contributed by atoms with Crippen LogP contribution in [0, 0.1) is 6.92 Å². The van der Waals surface area contributed by atoms with Gasteiger partial charge in [0.05, 0.1) is 0 Å². The molecular formula is C37H27BO2. The fraction of sp³-hybridized carbons (Fsp3) is 0.0270. The zero-order valence-corrected chi connectivity index (χ0v) is 22.4. The van der Waals surface area contributed by atoms with E-state index in [0.717, 1.165) is 67.2 Å². The van der Waals surface area contributed by atoms with Crippen molar-refractivity contribution in [1.29, 1.82) is 0 Å². The van der Waals surface area contributed by atoms with Gasteiger partial charge in [-0.05, 0) is 75.5 Å². The van der Waals surface area contributed by atoms with Gasteiger partial charge in [-0.2, -0.15) is 0 Å². The van der Waals surface area contributed by atoms with Gasteiger partial charge in [0, 0.05) is 11.0 Å². The second-order valence-electron chi connectivity index (χ2n) is 10.2. The summed E-state index contributed by atoms with van der Waals surface area (Å²) in [6, 6.07) is 36.1. The number of allylic oxidation sites excluding steroid dienone is 4. The molecule has 0 aliphatic carbocycles. The van der Waals surface area contributed by atoms with Crippen LogP contribution in [0.5, 0.6) is 23.0 Å². The number of aryl methyl sites for hydroxylation is 1. The number of fused-ring (bicyclic) bond motifs is 4. The SMILES string of the molecule is C=C/C=C(\C=C)c1ccc2c(c1)Oc1c(-c3ccccc3C)ccc3c1B2c1cc(-c2ccccc2)ccc1O3. The minimum Gasteiger partial charge on any atom is -0.458 e. The molecule has 5 aromatic carbocycles. The highest BCUT2D eigenvalue weighted by atomic mass is 16.5. The predicted molar refractivity (Wildman–Crippen MR) is 168 cm³/mol. The Morgan fingerprint density at radius 2 is 1.48 bits per heavy atom. The third-order valence-electron chi connectivity index (χ3n) is 7.92. The van der Waals surface area contributed by atoms with Crippen molar-refractivity contribution in [3.8, 4) is 45.3 Å². The van der Waals surface area contributed by atoms with Crippen LogP contribution in [0.3, 0.4) is 0 Å². The summed E-state index contributed by atoms with van der Waals surface area (Å²) in [5.41, 5.74) is 11.1. The van der Waals surface area contributed by atoms with E-state index in [1.165, 1.54) is 11.1 Å². The normalized spacial score (nSPS) is 12.8. The first-order valence-electron chi connectivity index (χ1n) is 13.5. The van der Waals surface area contributed by atoms with Crippen molar-refractivity contribution in [1.82, 2.24) is 0 Å². The first-order chi connectivity index (χ1) is 19.7. The van der Waals surface area contributed by atoms with E-state index in [0.29, 0.717) is 0 Å². The molecule has 0 unspecified atom stereocenters. The van der Waals surface area contributed by atoms with Gasteiger partial charge in [0.2, 0.25) is 0 Å². The second kappa shape index (κ2) is 9.62. The Morgan fingerprint density at radius 1 is 0.675 bits per heavy atom. The second-order valence-corrected chi connectivity index (χ2v) is 10.2. The Kier molecular flexibility index (Phi) is 5.79. The third-order valence-corrected chi connectivity index (χ3v) is 7.92. The maximum Gasteiger partial charge on any atom is 0.260 e. The lowest BCUT2D eigenvalue weighted by Crippen LogP contribution is -2.57. The molecule has 2 aliphatic heterocycles. The Labute approximate surface area is 235 Å². The lowest BCUT2D eigenvalue weighted by Gasteiger charge is -2.34. The molecule has 3 heteroatoms. The molecule has 2 heterocycles. The molecule has 0 bridgehead atoms. The van der Waals surface area contributed by atoms with Gasteiger partial charge in [0.25, 0.3) is 6.71 Å². The van der Waals surface area contributed by atoms with Crippen molar-refractivity contribution < 1.29 is 9.47 Å². The van der Waals surface area contributed by atoms with Crippen LogP contribution in [-0.4, -0.2) is 6.71 Å². The summed E-state index contributed by atoms with van der Waals surface area (Å²) in [5.74, 6) is 3.41. The van der Waals surface area contributed by atoms with Gasteiger partial charge in [-0.15, -0.1) is 0 Å². The van der Waals surface area contributed by atoms with Gasteiger partial charge in [-0.1, -0.05) is 110 Å². The summed E-state index contributed by atoms with van der Waals surface area (Å²) in [6.07, 6.45) is 5.61. The fourth-order valence-electron chi connectivity index (χ4n) is 5.97. The van der Waals surface area contributed by atoms with Crippen LogP contribution in [0.25, 0.3) is 27.8 Å². The van der Waals surface area contributed by atoms with Crippen molar-refractivity contribution in [3.63, 3.8) is 0 Å². The molecule has 0 fully saturated rings. The van der Waals surface area contributed by atoms with E-state index < -0.39 is 0 Å². The monoisotopic (exact) mass is 514 g/mol. The Balaban J connectivity index is 1.49. The topological polar surface area (TPSA) is 18.5 Å². The molecule has 0 atom stereocenters. The Hall–Kier alpha value is -5.02. The van der Waals surface area contributed by atoms with Gasteiger partial charge < -0.3 is 9.47 Å². The summed E-state index contributed by atoms with van der Waals surface area (Å²) in [7, 11) is 0. The number of ether oxygens (including phenoxy) is 2. The first-order valence-corrected chi connectivity index (χ1v) is 13.5. The average molecular weight is 514 g/mol. The molecule has 5 aromatic rings. The van der Waals surface area contributed by atoms with Crippen LogP contribution in [0.4, 0.5) is 0 Å². The van der Waals surface area contributed by atoms with E-state index in [1.54, 1.807) is 6.08 Å². The van der Waals surface area contributed by atoms with E-state index in [1.807, 2.05) is 18.2 Å². The van der Waals surface area contributed by atoms with Crippen molar-refractivity contribution in [2.75, 3.05) is 0 Å². The molecule has 7 rings (SSSR count). The van der Waals surface area contributed by atoms with Gasteiger partial charge in [-0.3, -0.25) is 0 Å². The molecule has 0 aromatic heterocycles. The van der Waals surface area contributed by atoms with Gasteiger partial charge in [-0.25, -0.2) is 0 Å². The van der Waals surface area contributed by atoms with Crippen LogP contribution >= 0.6 is 0 Å². The summed E-state index contributed by atoms with van der Waals surface area (Å²) in [6.45, 7) is 10.00. The summed E-state index contributed by atoms with van der Waals surface area (Å²) in [5, 5.41) is 0. The van der Waals surface area contributed by atoms with E-state index >= 15 is 0 Å². The molecule has 0 saturated carbocycles. The van der Waals surface area contributed by atoms with Crippen LogP contribution in [0.1, 0.15) is 11.1 Å². The molecule has 2 nitrogen and oxygen atoms in total. The van der Waals surface area contributed by atoms with E-state index in [4.69, 9.17) is 9.47 Å². The van der Waals surface area contributed by atoms with Crippen molar-refractivity contribution in [2.45, 2.75) is 6.92 Å². The Bertz CT molecular complexity index is 1850. The lowest BCUT2D eigenvalue weighted by atomic mass is 9.34. The third kappa shape index (κ3) is 3.82. The van der Waals surface area contributed by atoms with Gasteiger partial charge >= 0.3 is 0 Å². The van der Waals surface area contributed by atoms with Crippen LogP contribution in [0.2, 0.25) is 0 Å². The summed E-state index contributed by atoms with van der Waals surface area (Å²) in [4.78, 5) is 0. The fourth-order valence-corrected chi connectivity index (χ4v) is 5.97. The maximum absolute atomic E-state index is 6.84. The first kappa shape index (κ1) is 24.1. The Morgan fingerprint density at radius 3 is 2.27 bits per heavy atom. The highest BCUT2D eigenvalue weighted by molar-refractivity contribution is 6.98. The van der Waals surface area contributed by atoms with E-state index in [2.05, 4.69) is 117 Å². The van der Waals surface area contributed by atoms with E-state index in [9.17, 15) is 0 Å². The molecular weight excluding hydrogens is 487 g/mol. The quantitative estimate of drug-likeness (QED) is 0.172. The molecule has 190 valence electrons. The minimum absolute atomic E-state index is 0.0326. The molecule has 0 spiro atoms. The van der Waals surface area contributed by atoms with Gasteiger partial charge in [0.1, 0.15) is 23.0 Å². The number of hydrogen-bond donors (Lipinski definition) is 0. The highest BCUT2D eigenvalue weighted by Crippen LogP contribution is 2.42. The highest BCUT2D eigenvalue weighted by Gasteiger charge is 2.41. The minimum atomic E-state index is -0.0326. The molecule has 0 saturated heterocycles. The molecule has 2 aliphatic rings.